The lowest BCUT2D eigenvalue weighted by Crippen LogP contribution is -2.46. The van der Waals surface area contributed by atoms with Gasteiger partial charge in [-0.1, -0.05) is 27.2 Å². The van der Waals surface area contributed by atoms with Gasteiger partial charge in [-0.15, -0.1) is 0 Å². The number of nitrogens with one attached hydrogen (secondary N) is 1. The molecule has 0 spiro atoms. The number of aliphatic carboxylic acids is 1. The Morgan fingerprint density at radius 3 is 2.54 bits per heavy atom. The van der Waals surface area contributed by atoms with E-state index in [1.54, 1.807) is 18.2 Å². The van der Waals surface area contributed by atoms with Crippen molar-refractivity contribution in [3.63, 3.8) is 0 Å². The fourth-order valence-corrected chi connectivity index (χ4v) is 3.00. The first-order valence-corrected chi connectivity index (χ1v) is 9.47. The number of fused-ring (bicyclic) bond motifs is 1. The molecule has 1 heterocycles. The molecular formula is C21H27NO6. The summed E-state index contributed by atoms with van der Waals surface area (Å²) >= 11 is 0. The van der Waals surface area contributed by atoms with Crippen molar-refractivity contribution in [3.8, 4) is 5.75 Å². The van der Waals surface area contributed by atoms with Gasteiger partial charge in [-0.3, -0.25) is 4.79 Å². The van der Waals surface area contributed by atoms with Crippen molar-refractivity contribution in [1.82, 2.24) is 5.32 Å². The number of hydrogen-bond acceptors (Lipinski definition) is 5. The van der Waals surface area contributed by atoms with Crippen LogP contribution in [0.3, 0.4) is 0 Å². The molecule has 0 saturated heterocycles. The Kier molecular flexibility index (Phi) is 7.20. The number of ether oxygens (including phenoxy) is 1. The summed E-state index contributed by atoms with van der Waals surface area (Å²) in [6.07, 6.45) is 1.08. The monoisotopic (exact) mass is 389 g/mol. The van der Waals surface area contributed by atoms with Crippen molar-refractivity contribution in [2.45, 2.75) is 59.1 Å². The molecular weight excluding hydrogens is 362 g/mol. The lowest BCUT2D eigenvalue weighted by Gasteiger charge is -2.20. The number of carboxylic acids is 1. The zero-order valence-electron chi connectivity index (χ0n) is 16.7. The molecule has 0 unspecified atom stereocenters. The predicted octanol–water partition coefficient (Wildman–Crippen LogP) is 3.13. The molecule has 0 aliphatic rings. The Bertz CT molecular complexity index is 901. The number of carbonyl (C=O) groups is 2. The summed E-state index contributed by atoms with van der Waals surface area (Å²) in [5, 5.41) is 12.6. The first kappa shape index (κ1) is 21.5. The summed E-state index contributed by atoms with van der Waals surface area (Å²) in [5.41, 5.74) is 0.866. The average Bonchev–Trinajstić information content (AvgIpc) is 2.60. The third kappa shape index (κ3) is 5.58. The van der Waals surface area contributed by atoms with E-state index < -0.39 is 29.6 Å². The molecule has 1 amide bonds. The number of carboxylic acid groups (broad SMARTS) is 1. The van der Waals surface area contributed by atoms with Gasteiger partial charge in [-0.25, -0.2) is 9.59 Å². The number of hydrogen-bond donors (Lipinski definition) is 2. The van der Waals surface area contributed by atoms with Gasteiger partial charge in [0.05, 0.1) is 0 Å². The van der Waals surface area contributed by atoms with Crippen molar-refractivity contribution in [3.05, 3.63) is 40.2 Å². The Morgan fingerprint density at radius 1 is 1.21 bits per heavy atom. The summed E-state index contributed by atoms with van der Waals surface area (Å²) in [6, 6.07) is 5.59. The van der Waals surface area contributed by atoms with Crippen LogP contribution in [0.1, 0.15) is 46.1 Å². The lowest BCUT2D eigenvalue weighted by atomic mass is 10.0. The molecule has 152 valence electrons. The fraction of sp³-hybridized carbons (Fsp3) is 0.476. The largest absolute Gasteiger partial charge is 0.481 e. The van der Waals surface area contributed by atoms with Crippen molar-refractivity contribution in [2.24, 2.45) is 5.92 Å². The van der Waals surface area contributed by atoms with Gasteiger partial charge in [0.25, 0.3) is 5.91 Å². The smallest absolute Gasteiger partial charge is 0.336 e. The molecule has 2 atom stereocenters. The van der Waals surface area contributed by atoms with Crippen LogP contribution < -0.4 is 15.7 Å². The lowest BCUT2D eigenvalue weighted by molar-refractivity contribution is -0.143. The highest BCUT2D eigenvalue weighted by atomic mass is 16.5. The van der Waals surface area contributed by atoms with Gasteiger partial charge in [0.1, 0.15) is 17.4 Å². The van der Waals surface area contributed by atoms with Gasteiger partial charge in [0.15, 0.2) is 6.10 Å². The maximum atomic E-state index is 12.3. The highest BCUT2D eigenvalue weighted by Gasteiger charge is 2.24. The highest BCUT2D eigenvalue weighted by molar-refractivity contribution is 5.86. The zero-order chi connectivity index (χ0) is 20.8. The van der Waals surface area contributed by atoms with E-state index in [1.807, 2.05) is 20.8 Å². The minimum absolute atomic E-state index is 0.123. The van der Waals surface area contributed by atoms with Gasteiger partial charge in [0.2, 0.25) is 0 Å². The van der Waals surface area contributed by atoms with E-state index >= 15 is 0 Å². The number of rotatable bonds is 9. The summed E-state index contributed by atoms with van der Waals surface area (Å²) in [4.78, 5) is 35.4. The second-order valence-corrected chi connectivity index (χ2v) is 7.29. The zero-order valence-corrected chi connectivity index (χ0v) is 16.7. The molecule has 0 saturated carbocycles. The highest BCUT2D eigenvalue weighted by Crippen LogP contribution is 2.24. The summed E-state index contributed by atoms with van der Waals surface area (Å²) < 4.78 is 10.9. The van der Waals surface area contributed by atoms with Crippen molar-refractivity contribution < 1.29 is 23.8 Å². The predicted molar refractivity (Wildman–Crippen MR) is 106 cm³/mol. The number of aryl methyl sites for hydroxylation is 1. The molecule has 0 aliphatic heterocycles. The Balaban J connectivity index is 2.15. The second kappa shape index (κ2) is 9.39. The normalized spacial score (nSPS) is 13.3. The SMILES string of the molecule is CCCc1cc(=O)oc2cc(O[C@@H](C)C(=O)N[C@H](CC(C)C)C(=O)O)ccc12. The molecule has 1 aromatic heterocycles. The second-order valence-electron chi connectivity index (χ2n) is 7.29. The van der Waals surface area contributed by atoms with E-state index in [2.05, 4.69) is 5.32 Å². The Hall–Kier alpha value is -2.83. The maximum Gasteiger partial charge on any atom is 0.336 e. The fourth-order valence-electron chi connectivity index (χ4n) is 3.00. The summed E-state index contributed by atoms with van der Waals surface area (Å²) in [6.45, 7) is 7.34. The molecule has 0 aliphatic carbocycles. The molecule has 1 aromatic carbocycles. The first-order chi connectivity index (χ1) is 13.2. The van der Waals surface area contributed by atoms with Gasteiger partial charge >= 0.3 is 11.6 Å². The first-order valence-electron chi connectivity index (χ1n) is 9.47. The van der Waals surface area contributed by atoms with Crippen LogP contribution >= 0.6 is 0 Å². The van der Waals surface area contributed by atoms with Gasteiger partial charge in [-0.2, -0.15) is 0 Å². The summed E-state index contributed by atoms with van der Waals surface area (Å²) in [5.74, 6) is -1.11. The summed E-state index contributed by atoms with van der Waals surface area (Å²) in [7, 11) is 0. The van der Waals surface area contributed by atoms with Crippen molar-refractivity contribution in [1.29, 1.82) is 0 Å². The molecule has 0 radical (unpaired) electrons. The number of benzene rings is 1. The molecule has 7 heteroatoms. The standard InChI is InChI=1S/C21H27NO6/c1-5-6-14-10-19(23)28-18-11-15(7-8-16(14)18)27-13(4)20(24)22-17(21(25)26)9-12(2)3/h7-8,10-13,17H,5-6,9H2,1-4H3,(H,22,24)(H,25,26)/t13-,17+/m0/s1. The molecule has 2 N–H and O–H groups in total. The van der Waals surface area contributed by atoms with E-state index in [0.717, 1.165) is 23.8 Å². The van der Waals surface area contributed by atoms with Crippen LogP contribution in [0.4, 0.5) is 0 Å². The van der Waals surface area contributed by atoms with Gasteiger partial charge in [0, 0.05) is 17.5 Å². The minimum Gasteiger partial charge on any atom is -0.481 e. The maximum absolute atomic E-state index is 12.3. The van der Waals surface area contributed by atoms with Crippen LogP contribution in [0.25, 0.3) is 11.0 Å². The minimum atomic E-state index is -1.08. The molecule has 7 nitrogen and oxygen atoms in total. The van der Waals surface area contributed by atoms with E-state index in [0.29, 0.717) is 17.8 Å². The van der Waals surface area contributed by atoms with Crippen molar-refractivity contribution >= 4 is 22.8 Å². The number of amides is 1. The Morgan fingerprint density at radius 2 is 1.93 bits per heavy atom. The van der Waals surface area contributed by atoms with Gasteiger partial charge < -0.3 is 19.6 Å². The van der Waals surface area contributed by atoms with E-state index in [4.69, 9.17) is 9.15 Å². The quantitative estimate of drug-likeness (QED) is 0.638. The number of carbonyl (C=O) groups excluding carboxylic acids is 1. The van der Waals surface area contributed by atoms with Crippen LogP contribution in [0.5, 0.6) is 5.75 Å². The Labute approximate surface area is 163 Å². The molecule has 2 rings (SSSR count). The van der Waals surface area contributed by atoms with Crippen LogP contribution in [0, 0.1) is 5.92 Å². The molecule has 28 heavy (non-hydrogen) atoms. The van der Waals surface area contributed by atoms with E-state index in [9.17, 15) is 19.5 Å². The van der Waals surface area contributed by atoms with E-state index in [1.165, 1.54) is 13.0 Å². The van der Waals surface area contributed by atoms with E-state index in [-0.39, 0.29) is 5.92 Å². The van der Waals surface area contributed by atoms with Crippen molar-refractivity contribution in [2.75, 3.05) is 0 Å². The topological polar surface area (TPSA) is 106 Å². The van der Waals surface area contributed by atoms with Crippen LogP contribution in [-0.2, 0) is 16.0 Å². The van der Waals surface area contributed by atoms with Crippen LogP contribution in [-0.4, -0.2) is 29.1 Å². The molecule has 2 aromatic rings. The van der Waals surface area contributed by atoms with Crippen LogP contribution in [0.15, 0.2) is 33.5 Å². The third-order valence-corrected chi connectivity index (χ3v) is 4.32. The molecule has 0 bridgehead atoms. The van der Waals surface area contributed by atoms with Gasteiger partial charge in [-0.05, 0) is 43.4 Å². The molecule has 0 fully saturated rings. The average molecular weight is 389 g/mol. The van der Waals surface area contributed by atoms with Crippen LogP contribution in [0.2, 0.25) is 0 Å². The third-order valence-electron chi connectivity index (χ3n) is 4.32.